The van der Waals surface area contributed by atoms with Gasteiger partial charge >= 0.3 is 5.97 Å². The number of aromatic carboxylic acids is 1. The Hall–Kier alpha value is -4.14. The summed E-state index contributed by atoms with van der Waals surface area (Å²) in [6, 6.07) is 9.97. The highest BCUT2D eigenvalue weighted by molar-refractivity contribution is 6.03. The van der Waals surface area contributed by atoms with Crippen molar-refractivity contribution in [1.82, 2.24) is 0 Å². The van der Waals surface area contributed by atoms with Crippen LogP contribution in [0, 0.1) is 24.0 Å². The van der Waals surface area contributed by atoms with Gasteiger partial charge in [0.25, 0.3) is 11.6 Å². The summed E-state index contributed by atoms with van der Waals surface area (Å²) < 4.78 is 5.48. The molecule has 2 aromatic carbocycles. The third kappa shape index (κ3) is 3.93. The van der Waals surface area contributed by atoms with E-state index in [0.29, 0.717) is 5.56 Å². The number of carbonyl (C=O) groups excluding carboxylic acids is 1. The Balaban J connectivity index is 1.90. The van der Waals surface area contributed by atoms with Gasteiger partial charge in [0.2, 0.25) is 0 Å². The fourth-order valence-electron chi connectivity index (χ4n) is 2.81. The molecular formula is C20H16N2O7. The molecule has 1 heterocycles. The average molecular weight is 396 g/mol. The number of carboxylic acid groups (broad SMARTS) is 1. The van der Waals surface area contributed by atoms with Crippen LogP contribution >= 0.6 is 0 Å². The number of aryl methyl sites for hydroxylation is 2. The van der Waals surface area contributed by atoms with Crippen LogP contribution in [0.4, 0.5) is 11.4 Å². The highest BCUT2D eigenvalue weighted by atomic mass is 16.6. The van der Waals surface area contributed by atoms with Gasteiger partial charge in [-0.2, -0.15) is 0 Å². The fraction of sp³-hybridized carbons (Fsp3) is 0.100. The number of phenols is 1. The predicted octanol–water partition coefficient (Wildman–Crippen LogP) is 4.13. The zero-order valence-corrected chi connectivity index (χ0v) is 15.4. The van der Waals surface area contributed by atoms with Crippen molar-refractivity contribution in [2.24, 2.45) is 0 Å². The second-order valence-electron chi connectivity index (χ2n) is 6.39. The van der Waals surface area contributed by atoms with Crippen molar-refractivity contribution in [2.75, 3.05) is 5.32 Å². The molecule has 0 atom stereocenters. The molecule has 0 aliphatic rings. The van der Waals surface area contributed by atoms with Crippen LogP contribution < -0.4 is 5.32 Å². The number of nitrogens with one attached hydrogen (secondary N) is 1. The van der Waals surface area contributed by atoms with Gasteiger partial charge in [0.15, 0.2) is 5.76 Å². The Morgan fingerprint density at radius 3 is 2.48 bits per heavy atom. The zero-order valence-electron chi connectivity index (χ0n) is 15.4. The highest BCUT2D eigenvalue weighted by Gasteiger charge is 2.21. The molecule has 3 aromatic rings. The molecule has 3 rings (SSSR count). The van der Waals surface area contributed by atoms with Crippen molar-refractivity contribution in [3.63, 3.8) is 0 Å². The lowest BCUT2D eigenvalue weighted by molar-refractivity contribution is -0.384. The number of benzene rings is 2. The number of furan rings is 1. The van der Waals surface area contributed by atoms with Crippen LogP contribution in [0.15, 0.2) is 46.9 Å². The highest BCUT2D eigenvalue weighted by Crippen LogP contribution is 2.32. The lowest BCUT2D eigenvalue weighted by Gasteiger charge is -2.09. The molecule has 9 heteroatoms. The lowest BCUT2D eigenvalue weighted by Crippen LogP contribution is -2.12. The summed E-state index contributed by atoms with van der Waals surface area (Å²) in [4.78, 5) is 34.4. The molecule has 0 aliphatic carbocycles. The number of carbonyl (C=O) groups is 2. The first kappa shape index (κ1) is 19.6. The standard InChI is InChI=1S/C20H16N2O7/c1-10-3-4-13(15(7-10)22(27)28)16-5-6-17(29-16)19(24)21-12-8-11(2)18(23)14(9-12)20(25)26/h3-9,23H,1-2H3,(H,21,24)(H,25,26). The van der Waals surface area contributed by atoms with E-state index in [-0.39, 0.29) is 45.3 Å². The number of carboxylic acids is 1. The minimum absolute atomic E-state index is 0.113. The first-order valence-electron chi connectivity index (χ1n) is 8.41. The van der Waals surface area contributed by atoms with Gasteiger partial charge in [0.05, 0.1) is 10.5 Å². The maximum Gasteiger partial charge on any atom is 0.339 e. The summed E-state index contributed by atoms with van der Waals surface area (Å²) in [6.07, 6.45) is 0. The van der Waals surface area contributed by atoms with Crippen LogP contribution in [-0.4, -0.2) is 27.0 Å². The number of hydrogen-bond acceptors (Lipinski definition) is 6. The van der Waals surface area contributed by atoms with Gasteiger partial charge in [-0.1, -0.05) is 6.07 Å². The summed E-state index contributed by atoms with van der Waals surface area (Å²) in [5, 5.41) is 32.7. The molecule has 0 saturated carbocycles. The van der Waals surface area contributed by atoms with Gasteiger partial charge < -0.3 is 19.9 Å². The van der Waals surface area contributed by atoms with E-state index in [1.807, 2.05) is 0 Å². The summed E-state index contributed by atoms with van der Waals surface area (Å²) in [5.41, 5.74) is 0.870. The number of nitro benzene ring substituents is 1. The lowest BCUT2D eigenvalue weighted by atomic mass is 10.1. The Bertz CT molecular complexity index is 1150. The number of amides is 1. The molecular weight excluding hydrogens is 380 g/mol. The molecule has 1 aromatic heterocycles. The van der Waals surface area contributed by atoms with Crippen LogP contribution in [0.3, 0.4) is 0 Å². The largest absolute Gasteiger partial charge is 0.507 e. The molecule has 0 saturated heterocycles. The molecule has 3 N–H and O–H groups in total. The van der Waals surface area contributed by atoms with Gasteiger partial charge in [-0.05, 0) is 55.3 Å². The third-order valence-electron chi connectivity index (χ3n) is 4.23. The van der Waals surface area contributed by atoms with E-state index in [9.17, 15) is 24.8 Å². The molecule has 9 nitrogen and oxygen atoms in total. The smallest absolute Gasteiger partial charge is 0.339 e. The minimum atomic E-state index is -1.34. The van der Waals surface area contributed by atoms with Gasteiger partial charge in [0.1, 0.15) is 17.1 Å². The Kier molecular flexibility index (Phi) is 5.05. The van der Waals surface area contributed by atoms with E-state index in [2.05, 4.69) is 5.32 Å². The van der Waals surface area contributed by atoms with E-state index in [4.69, 9.17) is 9.52 Å². The van der Waals surface area contributed by atoms with E-state index in [1.54, 1.807) is 13.0 Å². The number of nitrogens with zero attached hydrogens (tertiary/aromatic N) is 1. The van der Waals surface area contributed by atoms with E-state index >= 15 is 0 Å². The van der Waals surface area contributed by atoms with Crippen molar-refractivity contribution in [3.05, 3.63) is 75.0 Å². The first-order chi connectivity index (χ1) is 13.7. The van der Waals surface area contributed by atoms with E-state index < -0.39 is 16.8 Å². The molecule has 29 heavy (non-hydrogen) atoms. The maximum absolute atomic E-state index is 12.5. The van der Waals surface area contributed by atoms with Gasteiger partial charge in [-0.25, -0.2) is 4.79 Å². The van der Waals surface area contributed by atoms with Gasteiger partial charge in [-0.3, -0.25) is 14.9 Å². The van der Waals surface area contributed by atoms with Crippen LogP contribution in [-0.2, 0) is 0 Å². The fourth-order valence-corrected chi connectivity index (χ4v) is 2.81. The second kappa shape index (κ2) is 7.47. The van der Waals surface area contributed by atoms with Crippen LogP contribution in [0.1, 0.15) is 32.0 Å². The summed E-state index contributed by atoms with van der Waals surface area (Å²) in [6.45, 7) is 3.22. The Labute approximate surface area is 164 Å². The van der Waals surface area contributed by atoms with Crippen molar-refractivity contribution in [3.8, 4) is 17.1 Å². The van der Waals surface area contributed by atoms with Crippen LogP contribution in [0.25, 0.3) is 11.3 Å². The average Bonchev–Trinajstić information content (AvgIpc) is 3.14. The second-order valence-corrected chi connectivity index (χ2v) is 6.39. The molecule has 0 bridgehead atoms. The monoisotopic (exact) mass is 396 g/mol. The molecule has 0 spiro atoms. The number of rotatable bonds is 5. The summed E-state index contributed by atoms with van der Waals surface area (Å²) in [7, 11) is 0. The molecule has 0 aliphatic heterocycles. The number of anilines is 1. The number of nitro groups is 1. The minimum Gasteiger partial charge on any atom is -0.507 e. The normalized spacial score (nSPS) is 10.6. The summed E-state index contributed by atoms with van der Waals surface area (Å²) >= 11 is 0. The maximum atomic E-state index is 12.5. The Morgan fingerprint density at radius 1 is 1.10 bits per heavy atom. The van der Waals surface area contributed by atoms with Crippen LogP contribution in [0.5, 0.6) is 5.75 Å². The first-order valence-corrected chi connectivity index (χ1v) is 8.41. The quantitative estimate of drug-likeness (QED) is 0.334. The van der Waals surface area contributed by atoms with Gasteiger partial charge in [0, 0.05) is 11.8 Å². The predicted molar refractivity (Wildman–Crippen MR) is 103 cm³/mol. The van der Waals surface area contributed by atoms with Gasteiger partial charge in [-0.15, -0.1) is 0 Å². The van der Waals surface area contributed by atoms with Crippen molar-refractivity contribution < 1.29 is 29.1 Å². The Morgan fingerprint density at radius 2 is 1.83 bits per heavy atom. The zero-order chi connectivity index (χ0) is 21.3. The third-order valence-corrected chi connectivity index (χ3v) is 4.23. The summed E-state index contributed by atoms with van der Waals surface area (Å²) in [5.74, 6) is -2.36. The topological polar surface area (TPSA) is 143 Å². The molecule has 0 fully saturated rings. The van der Waals surface area contributed by atoms with Crippen molar-refractivity contribution in [2.45, 2.75) is 13.8 Å². The molecule has 0 unspecified atom stereocenters. The van der Waals surface area contributed by atoms with Crippen molar-refractivity contribution >= 4 is 23.3 Å². The van der Waals surface area contributed by atoms with E-state index in [1.165, 1.54) is 37.3 Å². The van der Waals surface area contributed by atoms with E-state index in [0.717, 1.165) is 6.07 Å². The SMILES string of the molecule is Cc1ccc(-c2ccc(C(=O)Nc3cc(C)c(O)c(C(=O)O)c3)o2)c([N+](=O)[O-])c1. The molecule has 148 valence electrons. The van der Waals surface area contributed by atoms with Crippen LogP contribution in [0.2, 0.25) is 0 Å². The number of aromatic hydroxyl groups is 1. The molecule has 0 radical (unpaired) electrons. The van der Waals surface area contributed by atoms with Crippen molar-refractivity contribution in [1.29, 1.82) is 0 Å². The number of hydrogen-bond donors (Lipinski definition) is 3. The molecule has 1 amide bonds.